The minimum atomic E-state index is 0.134. The maximum Gasteiger partial charge on any atom is 0.225 e. The number of fused-ring (bicyclic) bond motifs is 3. The molecule has 1 aromatic carbocycles. The quantitative estimate of drug-likeness (QED) is 0.678. The lowest BCUT2D eigenvalue weighted by molar-refractivity contribution is -0.137. The summed E-state index contributed by atoms with van der Waals surface area (Å²) in [6.45, 7) is 5.74. The number of carbonyl (C=O) groups excluding carboxylic acids is 1. The van der Waals surface area contributed by atoms with Gasteiger partial charge in [0.25, 0.3) is 0 Å². The first kappa shape index (κ1) is 17.5. The summed E-state index contributed by atoms with van der Waals surface area (Å²) >= 11 is 0. The van der Waals surface area contributed by atoms with Gasteiger partial charge < -0.3 is 14.2 Å². The van der Waals surface area contributed by atoms with E-state index in [4.69, 9.17) is 4.42 Å². The summed E-state index contributed by atoms with van der Waals surface area (Å²) in [7, 11) is 0. The van der Waals surface area contributed by atoms with Crippen LogP contribution in [0.15, 0.2) is 35.0 Å². The Bertz CT molecular complexity index is 1010. The highest BCUT2D eigenvalue weighted by Gasteiger charge is 2.31. The summed E-state index contributed by atoms with van der Waals surface area (Å²) in [6, 6.07) is 7.96. The molecule has 0 aliphatic carbocycles. The van der Waals surface area contributed by atoms with E-state index >= 15 is 0 Å². The van der Waals surface area contributed by atoms with E-state index in [0.717, 1.165) is 73.3 Å². The highest BCUT2D eigenvalue weighted by molar-refractivity contribution is 6.05. The topological polar surface area (TPSA) is 62.5 Å². The lowest BCUT2D eigenvalue weighted by Crippen LogP contribution is -2.46. The zero-order valence-electron chi connectivity index (χ0n) is 16.3. The van der Waals surface area contributed by atoms with Crippen LogP contribution in [0, 0.1) is 11.8 Å². The molecule has 3 aromatic rings. The number of nitrogens with zero attached hydrogens (tertiary/aromatic N) is 4. The predicted octanol–water partition coefficient (Wildman–Crippen LogP) is 3.85. The second-order valence-electron chi connectivity index (χ2n) is 8.27. The number of hydrogen-bond donors (Lipinski definition) is 0. The molecule has 0 spiro atoms. The van der Waals surface area contributed by atoms with Crippen molar-refractivity contribution >= 4 is 33.8 Å². The number of anilines is 1. The maximum absolute atomic E-state index is 12.9. The van der Waals surface area contributed by atoms with Gasteiger partial charge in [-0.15, -0.1) is 0 Å². The number of amides is 1. The number of piperidine rings is 2. The fraction of sp³-hybridized carbons (Fsp3) is 0.500. The Balaban J connectivity index is 1.34. The molecule has 0 bridgehead atoms. The number of hydrogen-bond acceptors (Lipinski definition) is 5. The standard InChI is InChI=1S/C22H26N4O2/c1-15-5-4-10-26(13-15)22(27)16-8-11-25(12-9-16)21-20-19(23-14-24-21)17-6-2-3-7-18(17)28-20/h2-3,6-7,14-16H,4-5,8-13H2,1H3/t15-/m1/s1. The Hall–Kier alpha value is -2.63. The van der Waals surface area contributed by atoms with E-state index in [-0.39, 0.29) is 5.92 Å². The smallest absolute Gasteiger partial charge is 0.225 e. The van der Waals surface area contributed by atoms with Gasteiger partial charge in [0.1, 0.15) is 17.4 Å². The molecule has 0 radical (unpaired) electrons. The molecule has 2 saturated heterocycles. The van der Waals surface area contributed by atoms with Gasteiger partial charge in [-0.2, -0.15) is 0 Å². The van der Waals surface area contributed by atoms with Crippen molar-refractivity contribution in [3.63, 3.8) is 0 Å². The van der Waals surface area contributed by atoms with Crippen molar-refractivity contribution in [2.24, 2.45) is 11.8 Å². The lowest BCUT2D eigenvalue weighted by Gasteiger charge is -2.37. The van der Waals surface area contributed by atoms with Crippen LogP contribution in [0.4, 0.5) is 5.82 Å². The van der Waals surface area contributed by atoms with Gasteiger partial charge in [-0.3, -0.25) is 4.79 Å². The molecule has 4 heterocycles. The minimum Gasteiger partial charge on any atom is -0.450 e. The summed E-state index contributed by atoms with van der Waals surface area (Å²) in [5, 5.41) is 1.02. The molecule has 0 unspecified atom stereocenters. The van der Waals surface area contributed by atoms with Gasteiger partial charge in [0.2, 0.25) is 5.91 Å². The number of rotatable bonds is 2. The van der Waals surface area contributed by atoms with E-state index in [1.54, 1.807) is 6.33 Å². The van der Waals surface area contributed by atoms with Gasteiger partial charge in [-0.1, -0.05) is 19.1 Å². The number of benzene rings is 1. The number of furan rings is 1. The first-order chi connectivity index (χ1) is 13.7. The van der Waals surface area contributed by atoms with Crippen LogP contribution in [-0.4, -0.2) is 47.0 Å². The zero-order valence-corrected chi connectivity index (χ0v) is 16.3. The largest absolute Gasteiger partial charge is 0.450 e. The van der Waals surface area contributed by atoms with E-state index in [1.165, 1.54) is 6.42 Å². The van der Waals surface area contributed by atoms with Gasteiger partial charge in [-0.05, 0) is 43.7 Å². The van der Waals surface area contributed by atoms with Crippen molar-refractivity contribution in [1.82, 2.24) is 14.9 Å². The first-order valence-corrected chi connectivity index (χ1v) is 10.4. The van der Waals surface area contributed by atoms with Crippen molar-refractivity contribution in [2.45, 2.75) is 32.6 Å². The van der Waals surface area contributed by atoms with Gasteiger partial charge in [0, 0.05) is 37.5 Å². The molecule has 0 saturated carbocycles. The van der Waals surface area contributed by atoms with Gasteiger partial charge in [0.05, 0.1) is 0 Å². The summed E-state index contributed by atoms with van der Waals surface area (Å²) in [6.07, 6.45) is 5.73. The second kappa shape index (κ2) is 7.08. The summed E-state index contributed by atoms with van der Waals surface area (Å²) in [4.78, 5) is 26.2. The second-order valence-corrected chi connectivity index (χ2v) is 8.27. The van der Waals surface area contributed by atoms with Crippen LogP contribution in [0.1, 0.15) is 32.6 Å². The summed E-state index contributed by atoms with van der Waals surface area (Å²) in [5.74, 6) is 1.95. The van der Waals surface area contributed by atoms with Gasteiger partial charge in [0.15, 0.2) is 11.4 Å². The molecular weight excluding hydrogens is 352 g/mol. The SMILES string of the molecule is C[C@@H]1CCCN(C(=O)C2CCN(c3ncnc4c3oc3ccccc34)CC2)C1. The predicted molar refractivity (Wildman–Crippen MR) is 109 cm³/mol. The molecular formula is C22H26N4O2. The van der Waals surface area contributed by atoms with E-state index in [0.29, 0.717) is 11.8 Å². The summed E-state index contributed by atoms with van der Waals surface area (Å²) in [5.41, 5.74) is 2.45. The Labute approximate surface area is 164 Å². The number of aromatic nitrogens is 2. The van der Waals surface area contributed by atoms with Crippen LogP contribution in [0.2, 0.25) is 0 Å². The zero-order chi connectivity index (χ0) is 19.1. The van der Waals surface area contributed by atoms with Crippen LogP contribution < -0.4 is 4.90 Å². The highest BCUT2D eigenvalue weighted by atomic mass is 16.3. The van der Waals surface area contributed by atoms with Crippen LogP contribution in [-0.2, 0) is 4.79 Å². The summed E-state index contributed by atoms with van der Waals surface area (Å²) < 4.78 is 6.08. The van der Waals surface area contributed by atoms with Crippen LogP contribution >= 0.6 is 0 Å². The molecule has 6 heteroatoms. The minimum absolute atomic E-state index is 0.134. The molecule has 5 rings (SSSR count). The lowest BCUT2D eigenvalue weighted by atomic mass is 9.92. The van der Waals surface area contributed by atoms with Crippen molar-refractivity contribution in [3.8, 4) is 0 Å². The Morgan fingerprint density at radius 1 is 1.11 bits per heavy atom. The molecule has 2 aliphatic rings. The molecule has 6 nitrogen and oxygen atoms in total. The number of carbonyl (C=O) groups is 1. The third kappa shape index (κ3) is 3.01. The van der Waals surface area contributed by atoms with Crippen LogP contribution in [0.25, 0.3) is 22.1 Å². The fourth-order valence-electron chi connectivity index (χ4n) is 4.72. The third-order valence-electron chi connectivity index (χ3n) is 6.25. The average Bonchev–Trinajstić information content (AvgIpc) is 3.12. The van der Waals surface area contributed by atoms with Gasteiger partial charge >= 0.3 is 0 Å². The normalized spacial score (nSPS) is 21.5. The van der Waals surface area contributed by atoms with E-state index in [2.05, 4.69) is 26.7 Å². The van der Waals surface area contributed by atoms with E-state index < -0.39 is 0 Å². The molecule has 2 aromatic heterocycles. The molecule has 1 atom stereocenters. The van der Waals surface area contributed by atoms with E-state index in [1.807, 2.05) is 24.3 Å². The molecule has 0 N–H and O–H groups in total. The first-order valence-electron chi connectivity index (χ1n) is 10.4. The Morgan fingerprint density at radius 3 is 2.75 bits per heavy atom. The third-order valence-corrected chi connectivity index (χ3v) is 6.25. The molecule has 28 heavy (non-hydrogen) atoms. The monoisotopic (exact) mass is 378 g/mol. The maximum atomic E-state index is 12.9. The Morgan fingerprint density at radius 2 is 1.93 bits per heavy atom. The van der Waals surface area contributed by atoms with Crippen molar-refractivity contribution in [2.75, 3.05) is 31.1 Å². The van der Waals surface area contributed by atoms with Crippen molar-refractivity contribution in [3.05, 3.63) is 30.6 Å². The van der Waals surface area contributed by atoms with Crippen LogP contribution in [0.5, 0.6) is 0 Å². The van der Waals surface area contributed by atoms with Crippen molar-refractivity contribution in [1.29, 1.82) is 0 Å². The highest BCUT2D eigenvalue weighted by Crippen LogP contribution is 2.34. The van der Waals surface area contributed by atoms with Gasteiger partial charge in [-0.25, -0.2) is 9.97 Å². The van der Waals surface area contributed by atoms with Crippen molar-refractivity contribution < 1.29 is 9.21 Å². The van der Waals surface area contributed by atoms with E-state index in [9.17, 15) is 4.79 Å². The Kier molecular flexibility index (Phi) is 4.41. The average molecular weight is 378 g/mol. The molecule has 2 fully saturated rings. The molecule has 2 aliphatic heterocycles. The fourth-order valence-corrected chi connectivity index (χ4v) is 4.72. The molecule has 146 valence electrons. The van der Waals surface area contributed by atoms with Crippen LogP contribution in [0.3, 0.4) is 0 Å². The number of likely N-dealkylation sites (tertiary alicyclic amines) is 1. The molecule has 1 amide bonds. The number of para-hydroxylation sites is 1.